The zero-order chi connectivity index (χ0) is 10.4. The first-order chi connectivity index (χ1) is 6.77. The quantitative estimate of drug-likeness (QED) is 0.822. The van der Waals surface area contributed by atoms with Crippen molar-refractivity contribution < 1.29 is 5.11 Å². The smallest absolute Gasteiger partial charge is 0.129 e. The molecular formula is C10H15BrN2O. The zero-order valence-corrected chi connectivity index (χ0v) is 9.87. The van der Waals surface area contributed by atoms with Crippen LogP contribution in [0.4, 0.5) is 5.82 Å². The first-order valence-electron chi connectivity index (χ1n) is 4.76. The van der Waals surface area contributed by atoms with E-state index in [-0.39, 0.29) is 6.61 Å². The van der Waals surface area contributed by atoms with Crippen molar-refractivity contribution in [3.8, 4) is 0 Å². The van der Waals surface area contributed by atoms with Gasteiger partial charge >= 0.3 is 0 Å². The zero-order valence-electron chi connectivity index (χ0n) is 8.28. The molecule has 0 spiro atoms. The standard InChI is InChI=1S/C10H15BrN2O/c1-2-6-13(7-8-14)10-5-3-4-9(11)12-10/h3-5,14H,2,6-8H2,1H3. The highest BCUT2D eigenvalue weighted by Crippen LogP contribution is 2.14. The fourth-order valence-corrected chi connectivity index (χ4v) is 1.64. The highest BCUT2D eigenvalue weighted by molar-refractivity contribution is 9.10. The number of hydrogen-bond acceptors (Lipinski definition) is 3. The van der Waals surface area contributed by atoms with Crippen molar-refractivity contribution in [2.75, 3.05) is 24.6 Å². The van der Waals surface area contributed by atoms with E-state index in [1.165, 1.54) is 0 Å². The Morgan fingerprint density at radius 3 is 2.79 bits per heavy atom. The van der Waals surface area contributed by atoms with Crippen molar-refractivity contribution in [3.05, 3.63) is 22.8 Å². The lowest BCUT2D eigenvalue weighted by molar-refractivity contribution is 0.301. The summed E-state index contributed by atoms with van der Waals surface area (Å²) >= 11 is 3.33. The number of anilines is 1. The van der Waals surface area contributed by atoms with Crippen LogP contribution in [0.5, 0.6) is 0 Å². The van der Waals surface area contributed by atoms with Crippen LogP contribution < -0.4 is 4.90 Å². The van der Waals surface area contributed by atoms with Gasteiger partial charge in [0.05, 0.1) is 6.61 Å². The van der Waals surface area contributed by atoms with Gasteiger partial charge in [-0.3, -0.25) is 0 Å². The first kappa shape index (κ1) is 11.5. The predicted octanol–water partition coefficient (Wildman–Crippen LogP) is 2.05. The molecule has 0 unspecified atom stereocenters. The maximum atomic E-state index is 8.91. The van der Waals surface area contributed by atoms with Crippen LogP contribution in [0.25, 0.3) is 0 Å². The molecule has 4 heteroatoms. The maximum absolute atomic E-state index is 8.91. The second-order valence-corrected chi connectivity index (χ2v) is 3.84. The lowest BCUT2D eigenvalue weighted by atomic mass is 10.3. The minimum absolute atomic E-state index is 0.161. The molecule has 0 aliphatic carbocycles. The van der Waals surface area contributed by atoms with Gasteiger partial charge in [-0.2, -0.15) is 0 Å². The summed E-state index contributed by atoms with van der Waals surface area (Å²) in [6.07, 6.45) is 1.05. The van der Waals surface area contributed by atoms with E-state index in [0.29, 0.717) is 6.54 Å². The highest BCUT2D eigenvalue weighted by Gasteiger charge is 2.05. The Morgan fingerprint density at radius 2 is 2.21 bits per heavy atom. The number of hydrogen-bond donors (Lipinski definition) is 1. The minimum atomic E-state index is 0.161. The number of pyridine rings is 1. The van der Waals surface area contributed by atoms with Gasteiger partial charge in [0, 0.05) is 13.1 Å². The molecule has 1 heterocycles. The Kier molecular flexibility index (Phi) is 4.90. The number of aromatic nitrogens is 1. The molecular weight excluding hydrogens is 244 g/mol. The molecule has 0 bridgehead atoms. The Labute approximate surface area is 92.9 Å². The summed E-state index contributed by atoms with van der Waals surface area (Å²) in [5.74, 6) is 0.912. The monoisotopic (exact) mass is 258 g/mol. The third-order valence-corrected chi connectivity index (χ3v) is 2.33. The summed E-state index contributed by atoms with van der Waals surface area (Å²) < 4.78 is 0.828. The van der Waals surface area contributed by atoms with Crippen LogP contribution in [-0.4, -0.2) is 29.8 Å². The Balaban J connectivity index is 2.75. The van der Waals surface area contributed by atoms with Gasteiger partial charge in [0.2, 0.25) is 0 Å². The summed E-state index contributed by atoms with van der Waals surface area (Å²) in [4.78, 5) is 6.42. The van der Waals surface area contributed by atoms with E-state index in [9.17, 15) is 0 Å². The Morgan fingerprint density at radius 1 is 1.43 bits per heavy atom. The van der Waals surface area contributed by atoms with Gasteiger partial charge in [0.1, 0.15) is 10.4 Å². The van der Waals surface area contributed by atoms with Crippen LogP contribution >= 0.6 is 15.9 Å². The number of aliphatic hydroxyl groups excluding tert-OH is 1. The molecule has 0 radical (unpaired) electrons. The SMILES string of the molecule is CCCN(CCO)c1cccc(Br)n1. The van der Waals surface area contributed by atoms with Crippen molar-refractivity contribution in [2.45, 2.75) is 13.3 Å². The summed E-state index contributed by atoms with van der Waals surface area (Å²) in [6.45, 7) is 3.83. The average molecular weight is 259 g/mol. The van der Waals surface area contributed by atoms with Gasteiger partial charge in [-0.25, -0.2) is 4.98 Å². The predicted molar refractivity (Wildman–Crippen MR) is 61.5 cm³/mol. The highest BCUT2D eigenvalue weighted by atomic mass is 79.9. The third-order valence-electron chi connectivity index (χ3n) is 1.89. The molecule has 0 atom stereocenters. The van der Waals surface area contributed by atoms with Gasteiger partial charge in [-0.1, -0.05) is 13.0 Å². The molecule has 0 saturated heterocycles. The van der Waals surface area contributed by atoms with Crippen molar-refractivity contribution in [2.24, 2.45) is 0 Å². The molecule has 0 aromatic carbocycles. The Bertz CT molecular complexity index is 275. The molecule has 78 valence electrons. The molecule has 0 fully saturated rings. The molecule has 3 nitrogen and oxygen atoms in total. The van der Waals surface area contributed by atoms with E-state index < -0.39 is 0 Å². The van der Waals surface area contributed by atoms with Crippen LogP contribution in [0.3, 0.4) is 0 Å². The molecule has 14 heavy (non-hydrogen) atoms. The van der Waals surface area contributed by atoms with Gasteiger partial charge < -0.3 is 10.0 Å². The molecule has 0 aliphatic rings. The van der Waals surface area contributed by atoms with E-state index >= 15 is 0 Å². The minimum Gasteiger partial charge on any atom is -0.395 e. The van der Waals surface area contributed by atoms with E-state index in [2.05, 4.69) is 32.7 Å². The van der Waals surface area contributed by atoms with Crippen molar-refractivity contribution in [1.82, 2.24) is 4.98 Å². The normalized spacial score (nSPS) is 10.2. The topological polar surface area (TPSA) is 36.4 Å². The number of nitrogens with zero attached hydrogens (tertiary/aromatic N) is 2. The average Bonchev–Trinajstić information content (AvgIpc) is 2.17. The third kappa shape index (κ3) is 3.27. The van der Waals surface area contributed by atoms with Gasteiger partial charge in [0.15, 0.2) is 0 Å². The molecule has 1 N–H and O–H groups in total. The van der Waals surface area contributed by atoms with Crippen LogP contribution in [0.2, 0.25) is 0 Å². The molecule has 0 saturated carbocycles. The summed E-state index contributed by atoms with van der Waals surface area (Å²) in [5, 5.41) is 8.91. The first-order valence-corrected chi connectivity index (χ1v) is 5.55. The van der Waals surface area contributed by atoms with E-state index in [1.54, 1.807) is 0 Å². The second-order valence-electron chi connectivity index (χ2n) is 3.03. The maximum Gasteiger partial charge on any atom is 0.129 e. The number of halogens is 1. The summed E-state index contributed by atoms with van der Waals surface area (Å²) in [5.41, 5.74) is 0. The lowest BCUT2D eigenvalue weighted by Crippen LogP contribution is -2.28. The molecule has 0 amide bonds. The fraction of sp³-hybridized carbons (Fsp3) is 0.500. The second kappa shape index (κ2) is 5.98. The lowest BCUT2D eigenvalue weighted by Gasteiger charge is -2.21. The van der Waals surface area contributed by atoms with E-state index in [1.807, 2.05) is 18.2 Å². The molecule has 0 aliphatic heterocycles. The van der Waals surface area contributed by atoms with Gasteiger partial charge in [0.25, 0.3) is 0 Å². The van der Waals surface area contributed by atoms with Gasteiger partial charge in [-0.15, -0.1) is 0 Å². The van der Waals surface area contributed by atoms with Crippen molar-refractivity contribution >= 4 is 21.7 Å². The van der Waals surface area contributed by atoms with Crippen LogP contribution in [0.15, 0.2) is 22.8 Å². The number of rotatable bonds is 5. The van der Waals surface area contributed by atoms with E-state index in [0.717, 1.165) is 23.4 Å². The summed E-state index contributed by atoms with van der Waals surface area (Å²) in [7, 11) is 0. The molecule has 1 aromatic rings. The Hall–Kier alpha value is -0.610. The van der Waals surface area contributed by atoms with Gasteiger partial charge in [-0.05, 0) is 34.5 Å². The van der Waals surface area contributed by atoms with Crippen molar-refractivity contribution in [1.29, 1.82) is 0 Å². The van der Waals surface area contributed by atoms with Crippen LogP contribution in [0.1, 0.15) is 13.3 Å². The molecule has 1 rings (SSSR count). The van der Waals surface area contributed by atoms with Crippen LogP contribution in [-0.2, 0) is 0 Å². The van der Waals surface area contributed by atoms with Crippen LogP contribution in [0, 0.1) is 0 Å². The van der Waals surface area contributed by atoms with Crippen molar-refractivity contribution in [3.63, 3.8) is 0 Å². The summed E-state index contributed by atoms with van der Waals surface area (Å²) in [6, 6.07) is 5.80. The fourth-order valence-electron chi connectivity index (χ4n) is 1.31. The number of aliphatic hydroxyl groups is 1. The largest absolute Gasteiger partial charge is 0.395 e. The van der Waals surface area contributed by atoms with E-state index in [4.69, 9.17) is 5.11 Å². The molecule has 1 aromatic heterocycles.